The number of pyridine rings is 1. The summed E-state index contributed by atoms with van der Waals surface area (Å²) in [4.78, 5) is 30.7. The van der Waals surface area contributed by atoms with Crippen LogP contribution < -0.4 is 0 Å². The highest BCUT2D eigenvalue weighted by Gasteiger charge is 2.22. The average molecular weight is 379 g/mol. The maximum atomic E-state index is 11.5. The highest BCUT2D eigenvalue weighted by molar-refractivity contribution is 7.99. The molecule has 2 aromatic heterocycles. The number of imidazole rings is 1. The standard InChI is InChI=1S/C15H11ClN4O4S/c1-19-11-4-3-9(16)6-10(11)18-15(19)25-13-12(20(22)23)5-8(7-17-13)14(21)24-2/h3-7H,1-2H3. The molecule has 0 bridgehead atoms. The third kappa shape index (κ3) is 3.28. The molecule has 0 aliphatic carbocycles. The number of carbonyl (C=O) groups is 1. The molecule has 0 N–H and O–H groups in total. The topological polar surface area (TPSA) is 100 Å². The van der Waals surface area contributed by atoms with E-state index >= 15 is 0 Å². The molecule has 128 valence electrons. The Bertz CT molecular complexity index is 1000. The quantitative estimate of drug-likeness (QED) is 0.389. The van der Waals surface area contributed by atoms with E-state index in [0.717, 1.165) is 23.3 Å². The van der Waals surface area contributed by atoms with Crippen LogP contribution in [0.4, 0.5) is 5.69 Å². The minimum atomic E-state index is -0.690. The van der Waals surface area contributed by atoms with Crippen LogP contribution in [0.5, 0.6) is 0 Å². The van der Waals surface area contributed by atoms with Gasteiger partial charge in [0.25, 0.3) is 0 Å². The summed E-state index contributed by atoms with van der Waals surface area (Å²) in [6.45, 7) is 0. The van der Waals surface area contributed by atoms with Gasteiger partial charge in [-0.05, 0) is 30.0 Å². The normalized spacial score (nSPS) is 10.8. The van der Waals surface area contributed by atoms with Gasteiger partial charge in [-0.25, -0.2) is 14.8 Å². The monoisotopic (exact) mass is 378 g/mol. The number of aryl methyl sites for hydroxylation is 1. The van der Waals surface area contributed by atoms with E-state index in [-0.39, 0.29) is 16.3 Å². The van der Waals surface area contributed by atoms with Gasteiger partial charge in [-0.3, -0.25) is 10.1 Å². The molecular weight excluding hydrogens is 368 g/mol. The number of methoxy groups -OCH3 is 1. The number of fused-ring (bicyclic) bond motifs is 1. The second-order valence-corrected chi connectivity index (χ2v) is 6.38. The molecule has 0 radical (unpaired) electrons. The zero-order valence-corrected chi connectivity index (χ0v) is 14.7. The van der Waals surface area contributed by atoms with Crippen molar-refractivity contribution >= 4 is 46.1 Å². The zero-order valence-electron chi connectivity index (χ0n) is 13.1. The Morgan fingerprint density at radius 1 is 1.40 bits per heavy atom. The van der Waals surface area contributed by atoms with Crippen molar-refractivity contribution in [2.45, 2.75) is 10.2 Å². The third-order valence-corrected chi connectivity index (χ3v) is 4.73. The summed E-state index contributed by atoms with van der Waals surface area (Å²) in [6.07, 6.45) is 1.24. The third-order valence-electron chi connectivity index (χ3n) is 3.44. The Morgan fingerprint density at radius 2 is 2.16 bits per heavy atom. The van der Waals surface area contributed by atoms with E-state index in [1.165, 1.54) is 13.3 Å². The van der Waals surface area contributed by atoms with Gasteiger partial charge >= 0.3 is 11.7 Å². The minimum Gasteiger partial charge on any atom is -0.465 e. The molecule has 3 rings (SSSR count). The van der Waals surface area contributed by atoms with Crippen LogP contribution >= 0.6 is 23.4 Å². The van der Waals surface area contributed by atoms with Gasteiger partial charge in [-0.15, -0.1) is 0 Å². The second kappa shape index (κ2) is 6.69. The van der Waals surface area contributed by atoms with Gasteiger partial charge in [-0.1, -0.05) is 11.6 Å². The molecule has 0 aliphatic rings. The first-order chi connectivity index (χ1) is 11.9. The summed E-state index contributed by atoms with van der Waals surface area (Å²) in [5.41, 5.74) is 1.22. The summed E-state index contributed by atoms with van der Waals surface area (Å²) in [7, 11) is 2.99. The lowest BCUT2D eigenvalue weighted by Crippen LogP contribution is -2.04. The number of carbonyl (C=O) groups excluding carboxylic acids is 1. The largest absolute Gasteiger partial charge is 0.465 e. The average Bonchev–Trinajstić information content (AvgIpc) is 2.89. The van der Waals surface area contributed by atoms with Gasteiger partial charge in [0.05, 0.1) is 28.6 Å². The summed E-state index contributed by atoms with van der Waals surface area (Å²) in [5, 5.41) is 12.5. The Balaban J connectivity index is 2.04. The van der Waals surface area contributed by atoms with E-state index < -0.39 is 10.9 Å². The van der Waals surface area contributed by atoms with Crippen molar-refractivity contribution in [3.05, 3.63) is 51.2 Å². The fourth-order valence-corrected chi connectivity index (χ4v) is 3.27. The molecule has 0 amide bonds. The Hall–Kier alpha value is -2.65. The van der Waals surface area contributed by atoms with Crippen molar-refractivity contribution < 1.29 is 14.5 Å². The number of nitro groups is 1. The van der Waals surface area contributed by atoms with Crippen molar-refractivity contribution in [2.75, 3.05) is 7.11 Å². The molecule has 8 nitrogen and oxygen atoms in total. The van der Waals surface area contributed by atoms with Gasteiger partial charge in [0.1, 0.15) is 0 Å². The maximum Gasteiger partial charge on any atom is 0.339 e. The highest BCUT2D eigenvalue weighted by atomic mass is 35.5. The van der Waals surface area contributed by atoms with Crippen LogP contribution in [0.15, 0.2) is 40.6 Å². The molecule has 0 atom stereocenters. The van der Waals surface area contributed by atoms with Gasteiger partial charge in [0, 0.05) is 24.3 Å². The van der Waals surface area contributed by atoms with Crippen molar-refractivity contribution in [1.82, 2.24) is 14.5 Å². The second-order valence-electron chi connectivity index (χ2n) is 4.99. The lowest BCUT2D eigenvalue weighted by atomic mass is 10.3. The van der Waals surface area contributed by atoms with Crippen molar-refractivity contribution in [3.8, 4) is 0 Å². The first-order valence-electron chi connectivity index (χ1n) is 6.93. The van der Waals surface area contributed by atoms with E-state index in [1.807, 2.05) is 6.07 Å². The number of hydrogen-bond acceptors (Lipinski definition) is 7. The Morgan fingerprint density at radius 3 is 2.84 bits per heavy atom. The number of benzene rings is 1. The number of hydrogen-bond donors (Lipinski definition) is 0. The van der Waals surface area contributed by atoms with Crippen LogP contribution in [0.1, 0.15) is 10.4 Å². The van der Waals surface area contributed by atoms with E-state index in [4.69, 9.17) is 11.6 Å². The summed E-state index contributed by atoms with van der Waals surface area (Å²) < 4.78 is 6.35. The lowest BCUT2D eigenvalue weighted by molar-refractivity contribution is -0.388. The molecule has 0 saturated heterocycles. The van der Waals surface area contributed by atoms with Crippen molar-refractivity contribution in [1.29, 1.82) is 0 Å². The molecule has 1 aromatic carbocycles. The summed E-state index contributed by atoms with van der Waals surface area (Å²) in [6, 6.07) is 6.41. The minimum absolute atomic E-state index is 0.00957. The van der Waals surface area contributed by atoms with Crippen LogP contribution in [0, 0.1) is 10.1 Å². The zero-order chi connectivity index (χ0) is 18.1. The van der Waals surface area contributed by atoms with E-state index in [9.17, 15) is 14.9 Å². The van der Waals surface area contributed by atoms with Gasteiger partial charge in [0.15, 0.2) is 10.2 Å². The van der Waals surface area contributed by atoms with E-state index in [1.54, 1.807) is 23.7 Å². The first kappa shape index (κ1) is 17.2. The smallest absolute Gasteiger partial charge is 0.339 e. The molecule has 0 fully saturated rings. The van der Waals surface area contributed by atoms with Gasteiger partial charge < -0.3 is 9.30 Å². The number of esters is 1. The van der Waals surface area contributed by atoms with E-state index in [2.05, 4.69) is 14.7 Å². The van der Waals surface area contributed by atoms with Crippen LogP contribution in [0.25, 0.3) is 11.0 Å². The molecule has 3 aromatic rings. The number of ether oxygens (including phenoxy) is 1. The van der Waals surface area contributed by atoms with Crippen molar-refractivity contribution in [2.24, 2.45) is 7.05 Å². The summed E-state index contributed by atoms with van der Waals surface area (Å²) in [5.74, 6) is -0.690. The predicted octanol–water partition coefficient (Wildman–Crippen LogP) is 3.47. The van der Waals surface area contributed by atoms with Crippen LogP contribution in [0.3, 0.4) is 0 Å². The summed E-state index contributed by atoms with van der Waals surface area (Å²) >= 11 is 7.00. The fraction of sp³-hybridized carbons (Fsp3) is 0.133. The van der Waals surface area contributed by atoms with Gasteiger partial charge in [-0.2, -0.15) is 0 Å². The van der Waals surface area contributed by atoms with Crippen molar-refractivity contribution in [3.63, 3.8) is 0 Å². The molecule has 0 unspecified atom stereocenters. The Labute approximate surface area is 150 Å². The number of aromatic nitrogens is 3. The molecule has 0 spiro atoms. The first-order valence-corrected chi connectivity index (χ1v) is 8.12. The number of nitrogens with zero attached hydrogens (tertiary/aromatic N) is 4. The SMILES string of the molecule is COC(=O)c1cnc(Sc2nc3cc(Cl)ccc3n2C)c([N+](=O)[O-])c1. The predicted molar refractivity (Wildman–Crippen MR) is 92.1 cm³/mol. The lowest BCUT2D eigenvalue weighted by Gasteiger charge is -2.04. The van der Waals surface area contributed by atoms with Crippen LogP contribution in [-0.4, -0.2) is 32.5 Å². The van der Waals surface area contributed by atoms with Crippen LogP contribution in [-0.2, 0) is 11.8 Å². The van der Waals surface area contributed by atoms with Crippen LogP contribution in [0.2, 0.25) is 5.02 Å². The maximum absolute atomic E-state index is 11.5. The van der Waals surface area contributed by atoms with E-state index in [0.29, 0.717) is 15.7 Å². The molecule has 10 heteroatoms. The fourth-order valence-electron chi connectivity index (χ4n) is 2.21. The molecule has 0 saturated carbocycles. The molecule has 2 heterocycles. The highest BCUT2D eigenvalue weighted by Crippen LogP contribution is 2.34. The number of rotatable bonds is 4. The molecular formula is C15H11ClN4O4S. The number of halogens is 1. The molecule has 25 heavy (non-hydrogen) atoms. The Kier molecular flexibility index (Phi) is 4.60. The van der Waals surface area contributed by atoms with Gasteiger partial charge in [0.2, 0.25) is 0 Å². The molecule has 0 aliphatic heterocycles.